The quantitative estimate of drug-likeness (QED) is 0.631. The Kier molecular flexibility index (Phi) is 5.05. The molecule has 2 unspecified atom stereocenters. The average molecular weight is 216 g/mol. The highest BCUT2D eigenvalue weighted by Crippen LogP contribution is 2.22. The van der Waals surface area contributed by atoms with Gasteiger partial charge < -0.3 is 19.3 Å². The highest BCUT2D eigenvalue weighted by Gasteiger charge is 2.41. The topological polar surface area (TPSA) is 47.9 Å². The van der Waals surface area contributed by atoms with Crippen molar-refractivity contribution in [3.05, 3.63) is 0 Å². The van der Waals surface area contributed by atoms with Crippen molar-refractivity contribution < 1.29 is 19.3 Å². The van der Waals surface area contributed by atoms with Gasteiger partial charge in [0.05, 0.1) is 18.7 Å². The lowest BCUT2D eigenvalue weighted by Gasteiger charge is -2.18. The maximum atomic E-state index is 9.93. The second-order valence-electron chi connectivity index (χ2n) is 4.17. The molecule has 4 atom stereocenters. The van der Waals surface area contributed by atoms with E-state index in [1.165, 1.54) is 0 Å². The molecule has 5 heteroatoms. The van der Waals surface area contributed by atoms with E-state index in [-0.39, 0.29) is 24.3 Å². The zero-order valence-electron chi connectivity index (χ0n) is 9.97. The van der Waals surface area contributed by atoms with E-state index in [2.05, 4.69) is 0 Å². The van der Waals surface area contributed by atoms with Crippen molar-refractivity contribution in [1.82, 2.24) is 0 Å². The Labute approximate surface area is 92.3 Å². The third-order valence-corrected chi connectivity index (χ3v) is 2.52. The summed E-state index contributed by atoms with van der Waals surface area (Å²) in [7, 11) is 1.92. The molecule has 0 spiro atoms. The fourth-order valence-electron chi connectivity index (χ4n) is 1.77. The van der Waals surface area contributed by atoms with Gasteiger partial charge in [-0.2, -0.15) is 0 Å². The van der Waals surface area contributed by atoms with Crippen LogP contribution in [0, 0.1) is 0 Å². The van der Waals surface area contributed by atoms with E-state index in [1.54, 1.807) is 0 Å². The molecular weight excluding hydrogens is 195 g/mol. The second-order valence-corrected chi connectivity index (χ2v) is 4.17. The van der Waals surface area contributed by atoms with Gasteiger partial charge in [0, 0.05) is 6.61 Å². The summed E-state index contributed by atoms with van der Waals surface area (Å²) in [4.78, 5) is 0. The van der Waals surface area contributed by atoms with Crippen molar-refractivity contribution in [2.75, 3.05) is 13.2 Å². The molecule has 0 bridgehead atoms. The van der Waals surface area contributed by atoms with Crippen LogP contribution in [0.15, 0.2) is 0 Å². The molecule has 1 fully saturated rings. The largest absolute Gasteiger partial charge is 0.388 e. The van der Waals surface area contributed by atoms with Gasteiger partial charge in [0.15, 0.2) is 0 Å². The number of aliphatic hydroxyl groups excluding tert-OH is 1. The van der Waals surface area contributed by atoms with Gasteiger partial charge in [-0.1, -0.05) is 0 Å². The van der Waals surface area contributed by atoms with Crippen LogP contribution in [0.4, 0.5) is 0 Å². The molecule has 0 amide bonds. The number of hydrogen-bond acceptors (Lipinski definition) is 4. The third kappa shape index (κ3) is 3.45. The van der Waals surface area contributed by atoms with E-state index in [1.807, 2.05) is 28.6 Å². The summed E-state index contributed by atoms with van der Waals surface area (Å²) in [6.07, 6.45) is -0.921. The monoisotopic (exact) mass is 216 g/mol. The van der Waals surface area contributed by atoms with Gasteiger partial charge in [0.1, 0.15) is 26.2 Å². The molecule has 1 rings (SSSR count). The van der Waals surface area contributed by atoms with Crippen LogP contribution in [0.2, 0.25) is 0 Å². The normalized spacial score (nSPS) is 36.3. The molecule has 1 saturated heterocycles. The summed E-state index contributed by atoms with van der Waals surface area (Å²) in [5.74, 6) is 0. The summed E-state index contributed by atoms with van der Waals surface area (Å²) in [5.41, 5.74) is 0. The van der Waals surface area contributed by atoms with E-state index in [4.69, 9.17) is 14.2 Å². The average Bonchev–Trinajstić information content (AvgIpc) is 2.43. The first-order chi connectivity index (χ1) is 7.06. The molecule has 0 aromatic rings. The lowest BCUT2D eigenvalue weighted by molar-refractivity contribution is -0.0525. The molecule has 0 aliphatic carbocycles. The molecule has 0 aromatic heterocycles. The molecule has 1 N–H and O–H groups in total. The maximum Gasteiger partial charge on any atom is 0.142 e. The van der Waals surface area contributed by atoms with E-state index in [0.29, 0.717) is 13.2 Å². The highest BCUT2D eigenvalue weighted by atomic mass is 16.6. The van der Waals surface area contributed by atoms with Crippen molar-refractivity contribution in [2.45, 2.75) is 51.2 Å². The van der Waals surface area contributed by atoms with Crippen molar-refractivity contribution in [3.8, 4) is 0 Å². The van der Waals surface area contributed by atoms with Gasteiger partial charge in [-0.25, -0.2) is 0 Å². The maximum absolute atomic E-state index is 9.93. The molecule has 1 heterocycles. The fraction of sp³-hybridized carbons (Fsp3) is 1.00. The third-order valence-electron chi connectivity index (χ3n) is 2.52. The first-order valence-corrected chi connectivity index (χ1v) is 5.63. The second kappa shape index (κ2) is 5.84. The van der Waals surface area contributed by atoms with Crippen LogP contribution < -0.4 is 0 Å². The summed E-state index contributed by atoms with van der Waals surface area (Å²) < 4.78 is 16.5. The summed E-state index contributed by atoms with van der Waals surface area (Å²) in [6.45, 7) is 6.85. The Morgan fingerprint density at radius 2 is 2.13 bits per heavy atom. The van der Waals surface area contributed by atoms with E-state index in [0.717, 1.165) is 0 Å². The number of aliphatic hydroxyl groups is 1. The molecule has 1 aliphatic heterocycles. The number of rotatable bonds is 5. The summed E-state index contributed by atoms with van der Waals surface area (Å²) in [6, 6.07) is -0.0688. The van der Waals surface area contributed by atoms with Gasteiger partial charge in [-0.15, -0.1) is 0 Å². The van der Waals surface area contributed by atoms with Gasteiger partial charge in [0.2, 0.25) is 0 Å². The minimum Gasteiger partial charge on any atom is -0.388 e. The molecule has 0 aromatic carbocycles. The minimum absolute atomic E-state index is 0.0688. The van der Waals surface area contributed by atoms with Crippen molar-refractivity contribution in [1.29, 1.82) is 0 Å². The van der Waals surface area contributed by atoms with Gasteiger partial charge >= 0.3 is 0 Å². The number of ether oxygens (including phenoxy) is 3. The molecule has 4 nitrogen and oxygen atoms in total. The van der Waals surface area contributed by atoms with Crippen molar-refractivity contribution >= 4 is 7.85 Å². The van der Waals surface area contributed by atoms with Gasteiger partial charge in [-0.05, 0) is 20.8 Å². The van der Waals surface area contributed by atoms with Crippen LogP contribution in [0.5, 0.6) is 0 Å². The predicted molar refractivity (Wildman–Crippen MR) is 59.7 cm³/mol. The minimum atomic E-state index is -0.585. The zero-order valence-corrected chi connectivity index (χ0v) is 9.97. The van der Waals surface area contributed by atoms with E-state index in [9.17, 15) is 5.11 Å². The van der Waals surface area contributed by atoms with E-state index < -0.39 is 6.10 Å². The van der Waals surface area contributed by atoms with Crippen molar-refractivity contribution in [3.63, 3.8) is 0 Å². The van der Waals surface area contributed by atoms with Crippen LogP contribution in [0.3, 0.4) is 0 Å². The van der Waals surface area contributed by atoms with Crippen LogP contribution in [0.25, 0.3) is 0 Å². The predicted octanol–water partition coefficient (Wildman–Crippen LogP) is -0.465. The lowest BCUT2D eigenvalue weighted by Crippen LogP contribution is -2.37. The van der Waals surface area contributed by atoms with Crippen LogP contribution in [0.1, 0.15) is 20.8 Å². The molecule has 0 radical (unpaired) electrons. The Balaban J connectivity index is 2.41. The summed E-state index contributed by atoms with van der Waals surface area (Å²) in [5, 5.41) is 9.93. The van der Waals surface area contributed by atoms with E-state index >= 15 is 0 Å². The first kappa shape index (κ1) is 13.0. The summed E-state index contributed by atoms with van der Waals surface area (Å²) >= 11 is 0. The standard InChI is InChI=1S/C10H21BO4/c1-4-13-9-8(12)7(15-10(9)11)5-14-6(2)3/h6-10,12H,4-5,11H2,1-3H3/t7-,8?,9?,10-/m1/s1. The molecular formula is C10H21BO4. The molecule has 15 heavy (non-hydrogen) atoms. The van der Waals surface area contributed by atoms with Crippen LogP contribution >= 0.6 is 0 Å². The number of hydrogen-bond donors (Lipinski definition) is 1. The van der Waals surface area contributed by atoms with Crippen molar-refractivity contribution in [2.24, 2.45) is 0 Å². The zero-order chi connectivity index (χ0) is 11.4. The van der Waals surface area contributed by atoms with Crippen LogP contribution in [-0.2, 0) is 14.2 Å². The molecule has 1 aliphatic rings. The molecule has 88 valence electrons. The Bertz CT molecular complexity index is 188. The fourth-order valence-corrected chi connectivity index (χ4v) is 1.77. The Hall–Kier alpha value is -0.0951. The van der Waals surface area contributed by atoms with Crippen LogP contribution in [-0.4, -0.2) is 56.6 Å². The Morgan fingerprint density at radius 1 is 1.47 bits per heavy atom. The lowest BCUT2D eigenvalue weighted by atomic mass is 9.93. The smallest absolute Gasteiger partial charge is 0.142 e. The van der Waals surface area contributed by atoms with Gasteiger partial charge in [0.25, 0.3) is 0 Å². The highest BCUT2D eigenvalue weighted by molar-refractivity contribution is 6.11. The first-order valence-electron chi connectivity index (χ1n) is 5.63. The molecule has 0 saturated carbocycles. The Morgan fingerprint density at radius 3 is 2.67 bits per heavy atom. The van der Waals surface area contributed by atoms with Gasteiger partial charge in [-0.3, -0.25) is 0 Å². The SMILES string of the molecule is B[C@@H]1O[C@H](COC(C)C)C(O)C1OCC.